The summed E-state index contributed by atoms with van der Waals surface area (Å²) in [6, 6.07) is 4.01. The molecule has 1 fully saturated rings. The van der Waals surface area contributed by atoms with E-state index < -0.39 is 0 Å². The summed E-state index contributed by atoms with van der Waals surface area (Å²) in [6.45, 7) is 0.764. The topological polar surface area (TPSA) is 42.7 Å². The van der Waals surface area contributed by atoms with Crippen LogP contribution in [0.15, 0.2) is 30.7 Å². The minimum absolute atomic E-state index is 0.351. The Morgan fingerprint density at radius 1 is 1.41 bits per heavy atom. The first-order valence-electron chi connectivity index (χ1n) is 5.70. The lowest BCUT2D eigenvalue weighted by atomic mass is 10.4. The van der Waals surface area contributed by atoms with Crippen LogP contribution in [-0.4, -0.2) is 20.8 Å². The van der Waals surface area contributed by atoms with E-state index in [2.05, 4.69) is 15.4 Å². The number of pyridine rings is 1. The van der Waals surface area contributed by atoms with Crippen molar-refractivity contribution in [2.75, 3.05) is 0 Å². The summed E-state index contributed by atoms with van der Waals surface area (Å²) < 4.78 is 14.6. The van der Waals surface area contributed by atoms with Crippen molar-refractivity contribution in [1.82, 2.24) is 20.1 Å². The van der Waals surface area contributed by atoms with E-state index in [9.17, 15) is 4.39 Å². The molecule has 0 aromatic carbocycles. The van der Waals surface area contributed by atoms with Crippen LogP contribution >= 0.6 is 0 Å². The summed E-state index contributed by atoms with van der Waals surface area (Å²) in [4.78, 5) is 3.80. The molecule has 2 aromatic heterocycles. The zero-order valence-corrected chi connectivity index (χ0v) is 9.31. The Labute approximate surface area is 98.5 Å². The fourth-order valence-corrected chi connectivity index (χ4v) is 1.66. The van der Waals surface area contributed by atoms with Gasteiger partial charge in [0.2, 0.25) is 0 Å². The van der Waals surface area contributed by atoms with Gasteiger partial charge in [-0.1, -0.05) is 0 Å². The van der Waals surface area contributed by atoms with Gasteiger partial charge in [-0.05, 0) is 18.9 Å². The van der Waals surface area contributed by atoms with E-state index in [0.717, 1.165) is 12.2 Å². The van der Waals surface area contributed by atoms with Crippen molar-refractivity contribution in [2.24, 2.45) is 0 Å². The minimum atomic E-state index is -0.351. The molecule has 0 saturated heterocycles. The summed E-state index contributed by atoms with van der Waals surface area (Å²) in [5, 5.41) is 7.75. The van der Waals surface area contributed by atoms with Gasteiger partial charge in [0.05, 0.1) is 23.8 Å². The first-order chi connectivity index (χ1) is 8.31. The highest BCUT2D eigenvalue weighted by atomic mass is 19.1. The van der Waals surface area contributed by atoms with Gasteiger partial charge in [0, 0.05) is 24.8 Å². The fraction of sp³-hybridized carbons (Fsp3) is 0.333. The van der Waals surface area contributed by atoms with Crippen LogP contribution in [0.3, 0.4) is 0 Å². The predicted molar refractivity (Wildman–Crippen MR) is 61.2 cm³/mol. The van der Waals surface area contributed by atoms with Gasteiger partial charge in [-0.2, -0.15) is 5.10 Å². The van der Waals surface area contributed by atoms with Crippen LogP contribution in [0.2, 0.25) is 0 Å². The maximum Gasteiger partial charge on any atom is 0.143 e. The van der Waals surface area contributed by atoms with Crippen LogP contribution in [0.1, 0.15) is 18.5 Å². The number of rotatable bonds is 4. The molecule has 2 aromatic rings. The number of aromatic nitrogens is 3. The molecular formula is C12H13FN4. The van der Waals surface area contributed by atoms with Gasteiger partial charge >= 0.3 is 0 Å². The van der Waals surface area contributed by atoms with Crippen molar-refractivity contribution in [1.29, 1.82) is 0 Å². The van der Waals surface area contributed by atoms with Crippen molar-refractivity contribution < 1.29 is 4.39 Å². The van der Waals surface area contributed by atoms with E-state index in [0.29, 0.717) is 11.7 Å². The van der Waals surface area contributed by atoms with Crippen LogP contribution in [0, 0.1) is 5.82 Å². The lowest BCUT2D eigenvalue weighted by Gasteiger charge is -2.01. The van der Waals surface area contributed by atoms with Crippen LogP contribution in [0.5, 0.6) is 0 Å². The summed E-state index contributed by atoms with van der Waals surface area (Å²) in [7, 11) is 0. The van der Waals surface area contributed by atoms with Crippen LogP contribution in [-0.2, 0) is 6.54 Å². The summed E-state index contributed by atoms with van der Waals surface area (Å²) >= 11 is 0. The second-order valence-electron chi connectivity index (χ2n) is 4.27. The normalized spacial score (nSPS) is 15.1. The Balaban J connectivity index is 1.74. The first kappa shape index (κ1) is 10.4. The third kappa shape index (κ3) is 2.50. The number of nitrogens with one attached hydrogen (secondary N) is 1. The highest BCUT2D eigenvalue weighted by Crippen LogP contribution is 2.19. The van der Waals surface area contributed by atoms with E-state index in [1.807, 2.05) is 12.3 Å². The van der Waals surface area contributed by atoms with Crippen molar-refractivity contribution in [3.8, 4) is 5.69 Å². The highest BCUT2D eigenvalue weighted by molar-refractivity contribution is 5.27. The number of halogens is 1. The van der Waals surface area contributed by atoms with E-state index in [1.165, 1.54) is 25.1 Å². The smallest absolute Gasteiger partial charge is 0.143 e. The maximum absolute atomic E-state index is 13.0. The van der Waals surface area contributed by atoms with Gasteiger partial charge in [0.15, 0.2) is 0 Å². The summed E-state index contributed by atoms with van der Waals surface area (Å²) in [6.07, 6.45) is 7.11. The van der Waals surface area contributed by atoms with Crippen molar-refractivity contribution >= 4 is 0 Å². The van der Waals surface area contributed by atoms with Gasteiger partial charge < -0.3 is 5.32 Å². The molecule has 3 rings (SSSR count). The SMILES string of the molecule is Fc1cncc(-n2ccc(CNC3CC3)n2)c1. The average Bonchev–Trinajstić information content (AvgIpc) is 3.04. The Morgan fingerprint density at radius 2 is 2.29 bits per heavy atom. The van der Waals surface area contributed by atoms with E-state index in [-0.39, 0.29) is 5.82 Å². The highest BCUT2D eigenvalue weighted by Gasteiger charge is 2.20. The molecule has 0 unspecified atom stereocenters. The van der Waals surface area contributed by atoms with Crippen molar-refractivity contribution in [3.63, 3.8) is 0 Å². The molecule has 2 heterocycles. The zero-order valence-electron chi connectivity index (χ0n) is 9.31. The van der Waals surface area contributed by atoms with E-state index in [4.69, 9.17) is 0 Å². The van der Waals surface area contributed by atoms with Gasteiger partial charge in [-0.15, -0.1) is 0 Å². The average molecular weight is 232 g/mol. The standard InChI is InChI=1S/C12H13FN4/c13-9-5-12(8-14-6-9)17-4-3-11(16-17)7-15-10-1-2-10/h3-6,8,10,15H,1-2,7H2. The number of hydrogen-bond acceptors (Lipinski definition) is 3. The van der Waals surface area contributed by atoms with Crippen LogP contribution in [0.25, 0.3) is 5.69 Å². The van der Waals surface area contributed by atoms with E-state index >= 15 is 0 Å². The van der Waals surface area contributed by atoms with Crippen LogP contribution in [0.4, 0.5) is 4.39 Å². The second-order valence-corrected chi connectivity index (χ2v) is 4.27. The van der Waals surface area contributed by atoms with Crippen LogP contribution < -0.4 is 5.32 Å². The molecule has 0 radical (unpaired) electrons. The maximum atomic E-state index is 13.0. The molecule has 17 heavy (non-hydrogen) atoms. The predicted octanol–water partition coefficient (Wildman–Crippen LogP) is 1.66. The van der Waals surface area contributed by atoms with E-state index in [1.54, 1.807) is 10.9 Å². The lowest BCUT2D eigenvalue weighted by molar-refractivity contribution is 0.617. The largest absolute Gasteiger partial charge is 0.308 e. The Morgan fingerprint density at radius 3 is 3.06 bits per heavy atom. The number of nitrogens with zero attached hydrogens (tertiary/aromatic N) is 3. The molecular weight excluding hydrogens is 219 g/mol. The second kappa shape index (κ2) is 4.25. The molecule has 0 aliphatic heterocycles. The van der Waals surface area contributed by atoms with Crippen molar-refractivity contribution in [3.05, 3.63) is 42.2 Å². The van der Waals surface area contributed by atoms with Gasteiger partial charge in [0.25, 0.3) is 0 Å². The monoisotopic (exact) mass is 232 g/mol. The molecule has 0 bridgehead atoms. The molecule has 0 amide bonds. The van der Waals surface area contributed by atoms with Crippen molar-refractivity contribution in [2.45, 2.75) is 25.4 Å². The third-order valence-corrected chi connectivity index (χ3v) is 2.75. The molecule has 88 valence electrons. The quantitative estimate of drug-likeness (QED) is 0.871. The lowest BCUT2D eigenvalue weighted by Crippen LogP contribution is -2.15. The molecule has 4 nitrogen and oxygen atoms in total. The molecule has 0 atom stereocenters. The number of hydrogen-bond donors (Lipinski definition) is 1. The molecule has 1 aliphatic carbocycles. The molecule has 1 N–H and O–H groups in total. The summed E-state index contributed by atoms with van der Waals surface area (Å²) in [5.41, 5.74) is 1.60. The minimum Gasteiger partial charge on any atom is -0.308 e. The molecule has 5 heteroatoms. The Kier molecular flexibility index (Phi) is 2.60. The van der Waals surface area contributed by atoms with Gasteiger partial charge in [0.1, 0.15) is 5.82 Å². The summed E-state index contributed by atoms with van der Waals surface area (Å²) in [5.74, 6) is -0.351. The molecule has 1 saturated carbocycles. The molecule has 0 spiro atoms. The Bertz CT molecular complexity index is 519. The van der Waals surface area contributed by atoms with Gasteiger partial charge in [-0.3, -0.25) is 4.98 Å². The molecule has 1 aliphatic rings. The third-order valence-electron chi connectivity index (χ3n) is 2.75. The first-order valence-corrected chi connectivity index (χ1v) is 5.70. The van der Waals surface area contributed by atoms with Gasteiger partial charge in [-0.25, -0.2) is 9.07 Å². The Hall–Kier alpha value is -1.75. The zero-order chi connectivity index (χ0) is 11.7. The fourth-order valence-electron chi connectivity index (χ4n) is 1.66.